The van der Waals surface area contributed by atoms with Gasteiger partial charge in [0.15, 0.2) is 0 Å². The molecule has 3 rings (SSSR count). The van der Waals surface area contributed by atoms with Crippen molar-refractivity contribution < 1.29 is 8.42 Å². The van der Waals surface area contributed by atoms with Crippen LogP contribution in [0.4, 0.5) is 0 Å². The average molecular weight is 358 g/mol. The van der Waals surface area contributed by atoms with Crippen molar-refractivity contribution in [2.75, 3.05) is 0 Å². The van der Waals surface area contributed by atoms with Crippen LogP contribution in [0.5, 0.6) is 0 Å². The lowest BCUT2D eigenvalue weighted by Crippen LogP contribution is -2.16. The molecular formula is C18H18N2O2S2. The molecule has 0 fully saturated rings. The van der Waals surface area contributed by atoms with Gasteiger partial charge < -0.3 is 0 Å². The van der Waals surface area contributed by atoms with Crippen LogP contribution in [0.2, 0.25) is 0 Å². The Hall–Kier alpha value is -2.05. The van der Waals surface area contributed by atoms with Gasteiger partial charge in [0, 0.05) is 4.90 Å². The minimum atomic E-state index is -3.68. The van der Waals surface area contributed by atoms with Gasteiger partial charge in [-0.05, 0) is 45.0 Å². The van der Waals surface area contributed by atoms with Gasteiger partial charge >= 0.3 is 0 Å². The van der Waals surface area contributed by atoms with Crippen molar-refractivity contribution in [1.82, 2.24) is 9.19 Å². The van der Waals surface area contributed by atoms with Crippen molar-refractivity contribution in [3.8, 4) is 0 Å². The molecule has 0 atom stereocenters. The van der Waals surface area contributed by atoms with Gasteiger partial charge in [-0.15, -0.1) is 0 Å². The first kappa shape index (κ1) is 16.8. The highest BCUT2D eigenvalue weighted by atomic mass is 32.2. The summed E-state index contributed by atoms with van der Waals surface area (Å²) in [5, 5.41) is 4.28. The molecule has 1 heterocycles. The Morgan fingerprint density at radius 1 is 0.917 bits per heavy atom. The second-order valence-corrected chi connectivity index (χ2v) is 8.43. The maximum absolute atomic E-state index is 12.8. The Balaban J connectivity index is 2.02. The Bertz CT molecular complexity index is 960. The number of nitrogens with zero attached hydrogens (tertiary/aromatic N) is 2. The van der Waals surface area contributed by atoms with E-state index in [4.69, 9.17) is 0 Å². The summed E-state index contributed by atoms with van der Waals surface area (Å²) in [4.78, 5) is 2.17. The van der Waals surface area contributed by atoms with Crippen molar-refractivity contribution in [2.45, 2.75) is 35.5 Å². The van der Waals surface area contributed by atoms with E-state index in [1.165, 1.54) is 17.3 Å². The smallest absolute Gasteiger partial charge is 0.199 e. The van der Waals surface area contributed by atoms with E-state index in [9.17, 15) is 8.42 Å². The number of hydrogen-bond acceptors (Lipinski definition) is 4. The van der Waals surface area contributed by atoms with Gasteiger partial charge in [0.25, 0.3) is 10.0 Å². The number of hydrogen-bond donors (Lipinski definition) is 0. The van der Waals surface area contributed by atoms with Crippen LogP contribution in [0.25, 0.3) is 0 Å². The van der Waals surface area contributed by atoms with Crippen LogP contribution >= 0.6 is 11.8 Å². The van der Waals surface area contributed by atoms with Crippen LogP contribution in [0.3, 0.4) is 0 Å². The second-order valence-electron chi connectivity index (χ2n) is 5.58. The first-order valence-electron chi connectivity index (χ1n) is 7.51. The van der Waals surface area contributed by atoms with E-state index in [1.807, 2.05) is 38.1 Å². The van der Waals surface area contributed by atoms with Crippen molar-refractivity contribution in [3.63, 3.8) is 0 Å². The molecule has 4 nitrogen and oxygen atoms in total. The molecule has 2 aromatic carbocycles. The average Bonchev–Trinajstić information content (AvgIpc) is 2.86. The zero-order chi connectivity index (χ0) is 17.3. The molecule has 0 N–H and O–H groups in total. The van der Waals surface area contributed by atoms with E-state index in [0.717, 1.165) is 13.9 Å². The van der Waals surface area contributed by atoms with E-state index in [1.54, 1.807) is 37.3 Å². The lowest BCUT2D eigenvalue weighted by atomic mass is 10.2. The lowest BCUT2D eigenvalue weighted by molar-refractivity contribution is 0.577. The fourth-order valence-electron chi connectivity index (χ4n) is 2.40. The molecule has 0 aliphatic rings. The van der Waals surface area contributed by atoms with E-state index in [-0.39, 0.29) is 4.90 Å². The predicted molar refractivity (Wildman–Crippen MR) is 96.0 cm³/mol. The molecule has 0 amide bonds. The van der Waals surface area contributed by atoms with Gasteiger partial charge in [0.1, 0.15) is 0 Å². The summed E-state index contributed by atoms with van der Waals surface area (Å²) in [7, 11) is -3.68. The highest BCUT2D eigenvalue weighted by molar-refractivity contribution is 7.99. The number of aromatic nitrogens is 2. The van der Waals surface area contributed by atoms with E-state index < -0.39 is 10.0 Å². The third-order valence-electron chi connectivity index (χ3n) is 3.69. The standard InChI is InChI=1S/C18H18N2O2S2/c1-13-9-11-16(12-10-13)23-18-14(2)19-20(15(18)3)24(21,22)17-7-5-4-6-8-17/h4-12H,1-3H3. The van der Waals surface area contributed by atoms with Crippen molar-refractivity contribution in [2.24, 2.45) is 0 Å². The summed E-state index contributed by atoms with van der Waals surface area (Å²) < 4.78 is 26.8. The third kappa shape index (κ3) is 3.12. The van der Waals surface area contributed by atoms with Crippen LogP contribution in [-0.4, -0.2) is 17.6 Å². The summed E-state index contributed by atoms with van der Waals surface area (Å²) in [5.74, 6) is 0. The molecule has 24 heavy (non-hydrogen) atoms. The summed E-state index contributed by atoms with van der Waals surface area (Å²) in [6.07, 6.45) is 0. The molecule has 124 valence electrons. The summed E-state index contributed by atoms with van der Waals surface area (Å²) in [6, 6.07) is 16.5. The zero-order valence-electron chi connectivity index (χ0n) is 13.7. The van der Waals surface area contributed by atoms with Crippen molar-refractivity contribution in [3.05, 3.63) is 71.5 Å². The molecule has 0 unspecified atom stereocenters. The first-order valence-corrected chi connectivity index (χ1v) is 9.76. The minimum Gasteiger partial charge on any atom is -0.199 e. The van der Waals surface area contributed by atoms with Crippen LogP contribution < -0.4 is 0 Å². The molecule has 1 aromatic heterocycles. The molecule has 3 aromatic rings. The first-order chi connectivity index (χ1) is 11.4. The van der Waals surface area contributed by atoms with E-state index in [0.29, 0.717) is 11.4 Å². The third-order valence-corrected chi connectivity index (χ3v) is 6.68. The monoisotopic (exact) mass is 358 g/mol. The SMILES string of the molecule is Cc1ccc(Sc2c(C)nn(S(=O)(=O)c3ccccc3)c2C)cc1. The van der Waals surface area contributed by atoms with Gasteiger partial charge in [-0.25, -0.2) is 0 Å². The molecular weight excluding hydrogens is 340 g/mol. The normalized spacial score (nSPS) is 11.6. The topological polar surface area (TPSA) is 52.0 Å². The maximum atomic E-state index is 12.8. The van der Waals surface area contributed by atoms with Gasteiger partial charge in [0.2, 0.25) is 0 Å². The van der Waals surface area contributed by atoms with Crippen LogP contribution in [0.1, 0.15) is 17.0 Å². The van der Waals surface area contributed by atoms with Gasteiger partial charge in [-0.1, -0.05) is 47.7 Å². The van der Waals surface area contributed by atoms with Crippen LogP contribution in [-0.2, 0) is 10.0 Å². The largest absolute Gasteiger partial charge is 0.283 e. The fraction of sp³-hybridized carbons (Fsp3) is 0.167. The molecule has 6 heteroatoms. The molecule has 0 saturated heterocycles. The summed E-state index contributed by atoms with van der Waals surface area (Å²) >= 11 is 1.53. The Morgan fingerprint density at radius 2 is 1.54 bits per heavy atom. The second kappa shape index (κ2) is 6.45. The Morgan fingerprint density at radius 3 is 2.17 bits per heavy atom. The van der Waals surface area contributed by atoms with Gasteiger partial charge in [-0.2, -0.15) is 17.6 Å². The van der Waals surface area contributed by atoms with Crippen LogP contribution in [0.15, 0.2) is 69.3 Å². The van der Waals surface area contributed by atoms with Crippen LogP contribution in [0, 0.1) is 20.8 Å². The Labute approximate surface area is 146 Å². The van der Waals surface area contributed by atoms with Crippen molar-refractivity contribution in [1.29, 1.82) is 0 Å². The minimum absolute atomic E-state index is 0.238. The number of aryl methyl sites for hydroxylation is 2. The number of benzene rings is 2. The zero-order valence-corrected chi connectivity index (χ0v) is 15.4. The molecule has 0 saturated carbocycles. The molecule has 0 radical (unpaired) electrons. The predicted octanol–water partition coefficient (Wildman–Crippen LogP) is 4.20. The maximum Gasteiger partial charge on any atom is 0.283 e. The highest BCUT2D eigenvalue weighted by Crippen LogP contribution is 2.34. The highest BCUT2D eigenvalue weighted by Gasteiger charge is 2.23. The summed E-state index contributed by atoms with van der Waals surface area (Å²) in [6.45, 7) is 5.66. The van der Waals surface area contributed by atoms with E-state index in [2.05, 4.69) is 5.10 Å². The van der Waals surface area contributed by atoms with Crippen molar-refractivity contribution >= 4 is 21.8 Å². The molecule has 0 spiro atoms. The lowest BCUT2D eigenvalue weighted by Gasteiger charge is -2.07. The van der Waals surface area contributed by atoms with E-state index >= 15 is 0 Å². The molecule has 0 aliphatic carbocycles. The Kier molecular flexibility index (Phi) is 4.51. The van der Waals surface area contributed by atoms with Gasteiger partial charge in [0.05, 0.1) is 21.2 Å². The number of rotatable bonds is 4. The quantitative estimate of drug-likeness (QED) is 0.701. The summed E-state index contributed by atoms with van der Waals surface area (Å²) in [5.41, 5.74) is 2.52. The van der Waals surface area contributed by atoms with Gasteiger partial charge in [-0.3, -0.25) is 0 Å². The molecule has 0 aliphatic heterocycles. The fourth-order valence-corrected chi connectivity index (χ4v) is 4.77. The molecule has 0 bridgehead atoms.